The third-order valence-corrected chi connectivity index (χ3v) is 3.73. The summed E-state index contributed by atoms with van der Waals surface area (Å²) in [6.45, 7) is 7.07. The van der Waals surface area contributed by atoms with Crippen LogP contribution in [-0.2, 0) is 0 Å². The predicted octanol–water partition coefficient (Wildman–Crippen LogP) is 1.49. The summed E-state index contributed by atoms with van der Waals surface area (Å²) in [5, 5.41) is 9.88. The van der Waals surface area contributed by atoms with Gasteiger partial charge >= 0.3 is 0 Å². The van der Waals surface area contributed by atoms with E-state index in [2.05, 4.69) is 32.9 Å². The summed E-state index contributed by atoms with van der Waals surface area (Å²) >= 11 is 1.73. The molecule has 0 saturated carbocycles. The van der Waals surface area contributed by atoms with Crippen molar-refractivity contribution in [2.75, 3.05) is 19.6 Å². The molecule has 0 amide bonds. The third kappa shape index (κ3) is 2.95. The lowest BCUT2D eigenvalue weighted by molar-refractivity contribution is 0.662. The van der Waals surface area contributed by atoms with E-state index in [0.29, 0.717) is 5.92 Å². The molecule has 1 aromatic rings. The van der Waals surface area contributed by atoms with Crippen LogP contribution < -0.4 is 10.6 Å². The van der Waals surface area contributed by atoms with Gasteiger partial charge in [-0.05, 0) is 13.3 Å². The SMILES string of the molecule is Cc1csc(C(C)CNC2=NCCCN2)n1. The van der Waals surface area contributed by atoms with E-state index in [-0.39, 0.29) is 0 Å². The number of nitrogens with zero attached hydrogens (tertiary/aromatic N) is 2. The lowest BCUT2D eigenvalue weighted by atomic mass is 10.2. The van der Waals surface area contributed by atoms with Gasteiger partial charge in [0, 0.05) is 36.6 Å². The van der Waals surface area contributed by atoms with Gasteiger partial charge in [-0.2, -0.15) is 0 Å². The molecular formula is C11H18N4S. The maximum Gasteiger partial charge on any atom is 0.191 e. The van der Waals surface area contributed by atoms with E-state index >= 15 is 0 Å². The normalized spacial score (nSPS) is 17.5. The fraction of sp³-hybridized carbons (Fsp3) is 0.636. The summed E-state index contributed by atoms with van der Waals surface area (Å²) in [6.07, 6.45) is 1.13. The number of guanidine groups is 1. The quantitative estimate of drug-likeness (QED) is 0.839. The molecule has 5 heteroatoms. The topological polar surface area (TPSA) is 49.3 Å². The second-order valence-corrected chi connectivity index (χ2v) is 5.01. The van der Waals surface area contributed by atoms with E-state index < -0.39 is 0 Å². The van der Waals surface area contributed by atoms with Gasteiger partial charge in [0.1, 0.15) is 0 Å². The molecule has 16 heavy (non-hydrogen) atoms. The van der Waals surface area contributed by atoms with Crippen LogP contribution in [0.4, 0.5) is 0 Å². The summed E-state index contributed by atoms with van der Waals surface area (Å²) in [5.74, 6) is 1.37. The number of aromatic nitrogens is 1. The van der Waals surface area contributed by atoms with Gasteiger partial charge in [-0.15, -0.1) is 11.3 Å². The second-order valence-electron chi connectivity index (χ2n) is 4.12. The van der Waals surface area contributed by atoms with E-state index in [0.717, 1.165) is 37.7 Å². The highest BCUT2D eigenvalue weighted by Gasteiger charge is 2.11. The Labute approximate surface area is 100 Å². The molecule has 2 rings (SSSR count). The molecular weight excluding hydrogens is 220 g/mol. The van der Waals surface area contributed by atoms with Crippen LogP contribution >= 0.6 is 11.3 Å². The first kappa shape index (κ1) is 11.4. The molecule has 1 unspecified atom stereocenters. The van der Waals surface area contributed by atoms with E-state index in [4.69, 9.17) is 0 Å². The van der Waals surface area contributed by atoms with Gasteiger partial charge in [0.25, 0.3) is 0 Å². The molecule has 2 heterocycles. The molecule has 88 valence electrons. The van der Waals surface area contributed by atoms with Crippen LogP contribution in [0.3, 0.4) is 0 Å². The van der Waals surface area contributed by atoms with Crippen LogP contribution in [-0.4, -0.2) is 30.6 Å². The van der Waals surface area contributed by atoms with Crippen molar-refractivity contribution in [2.24, 2.45) is 4.99 Å². The highest BCUT2D eigenvalue weighted by atomic mass is 32.1. The molecule has 1 aliphatic rings. The Hall–Kier alpha value is -1.10. The summed E-state index contributed by atoms with van der Waals surface area (Å²) < 4.78 is 0. The van der Waals surface area contributed by atoms with Gasteiger partial charge < -0.3 is 10.6 Å². The molecule has 0 radical (unpaired) electrons. The Morgan fingerprint density at radius 1 is 1.62 bits per heavy atom. The molecule has 2 N–H and O–H groups in total. The molecule has 1 atom stereocenters. The zero-order valence-corrected chi connectivity index (χ0v) is 10.6. The highest BCUT2D eigenvalue weighted by Crippen LogP contribution is 2.18. The fourth-order valence-electron chi connectivity index (χ4n) is 1.59. The molecule has 1 aromatic heterocycles. The van der Waals surface area contributed by atoms with Crippen LogP contribution in [0.15, 0.2) is 10.4 Å². The Morgan fingerprint density at radius 2 is 2.50 bits per heavy atom. The number of thiazole rings is 1. The monoisotopic (exact) mass is 238 g/mol. The third-order valence-electron chi connectivity index (χ3n) is 2.53. The Kier molecular flexibility index (Phi) is 3.77. The van der Waals surface area contributed by atoms with E-state index in [9.17, 15) is 0 Å². The van der Waals surface area contributed by atoms with Crippen LogP contribution in [0, 0.1) is 6.92 Å². The van der Waals surface area contributed by atoms with Crippen molar-refractivity contribution >= 4 is 17.3 Å². The van der Waals surface area contributed by atoms with Crippen molar-refractivity contribution in [2.45, 2.75) is 26.2 Å². The zero-order valence-electron chi connectivity index (χ0n) is 9.79. The first-order valence-corrected chi connectivity index (χ1v) is 6.58. The predicted molar refractivity (Wildman–Crippen MR) is 68.2 cm³/mol. The molecule has 1 aliphatic heterocycles. The van der Waals surface area contributed by atoms with E-state index in [1.54, 1.807) is 11.3 Å². The Bertz CT molecular complexity index is 372. The molecule has 4 nitrogen and oxygen atoms in total. The standard InChI is InChI=1S/C11H18N4S/c1-8(10-15-9(2)7-16-10)6-14-11-12-4-3-5-13-11/h7-8H,3-6H2,1-2H3,(H2,12,13,14). The molecule has 0 fully saturated rings. The van der Waals surface area contributed by atoms with Crippen LogP contribution in [0.2, 0.25) is 0 Å². The number of aliphatic imine (C=N–C) groups is 1. The van der Waals surface area contributed by atoms with Gasteiger partial charge in [0.15, 0.2) is 5.96 Å². The maximum absolute atomic E-state index is 4.49. The van der Waals surface area contributed by atoms with Crippen LogP contribution in [0.5, 0.6) is 0 Å². The smallest absolute Gasteiger partial charge is 0.191 e. The molecule has 0 aromatic carbocycles. The lowest BCUT2D eigenvalue weighted by Gasteiger charge is -2.17. The van der Waals surface area contributed by atoms with Crippen molar-refractivity contribution < 1.29 is 0 Å². The summed E-state index contributed by atoms with van der Waals surface area (Å²) in [7, 11) is 0. The molecule has 0 bridgehead atoms. The maximum atomic E-state index is 4.49. The first-order valence-electron chi connectivity index (χ1n) is 5.70. The van der Waals surface area contributed by atoms with Gasteiger partial charge in [0.2, 0.25) is 0 Å². The number of hydrogen-bond acceptors (Lipinski definition) is 5. The second kappa shape index (κ2) is 5.30. The molecule has 0 saturated heterocycles. The van der Waals surface area contributed by atoms with Crippen molar-refractivity contribution in [1.82, 2.24) is 15.6 Å². The van der Waals surface area contributed by atoms with Crippen molar-refractivity contribution in [3.63, 3.8) is 0 Å². The summed E-state index contributed by atoms with van der Waals surface area (Å²) in [4.78, 5) is 8.87. The van der Waals surface area contributed by atoms with Crippen molar-refractivity contribution in [1.29, 1.82) is 0 Å². The number of hydrogen-bond donors (Lipinski definition) is 2. The summed E-state index contributed by atoms with van der Waals surface area (Å²) in [5.41, 5.74) is 1.11. The average Bonchev–Trinajstić information content (AvgIpc) is 2.74. The minimum atomic E-state index is 0.435. The number of nitrogens with one attached hydrogen (secondary N) is 2. The Balaban J connectivity index is 1.83. The van der Waals surface area contributed by atoms with Crippen LogP contribution in [0.1, 0.15) is 30.0 Å². The Morgan fingerprint density at radius 3 is 3.12 bits per heavy atom. The number of rotatable bonds is 3. The largest absolute Gasteiger partial charge is 0.356 e. The van der Waals surface area contributed by atoms with Crippen molar-refractivity contribution in [3.05, 3.63) is 16.1 Å². The van der Waals surface area contributed by atoms with Gasteiger partial charge in [-0.1, -0.05) is 6.92 Å². The minimum absolute atomic E-state index is 0.435. The van der Waals surface area contributed by atoms with Gasteiger partial charge in [-0.3, -0.25) is 4.99 Å². The van der Waals surface area contributed by atoms with E-state index in [1.165, 1.54) is 5.01 Å². The van der Waals surface area contributed by atoms with Crippen molar-refractivity contribution in [3.8, 4) is 0 Å². The minimum Gasteiger partial charge on any atom is -0.356 e. The lowest BCUT2D eigenvalue weighted by Crippen LogP contribution is -2.42. The average molecular weight is 238 g/mol. The van der Waals surface area contributed by atoms with E-state index in [1.807, 2.05) is 6.92 Å². The fourth-order valence-corrected chi connectivity index (χ4v) is 2.44. The van der Waals surface area contributed by atoms with Crippen LogP contribution in [0.25, 0.3) is 0 Å². The number of aryl methyl sites for hydroxylation is 1. The summed E-state index contributed by atoms with van der Waals surface area (Å²) in [6, 6.07) is 0. The highest BCUT2D eigenvalue weighted by molar-refractivity contribution is 7.09. The molecule has 0 aliphatic carbocycles. The zero-order chi connectivity index (χ0) is 11.4. The van der Waals surface area contributed by atoms with Gasteiger partial charge in [0.05, 0.1) is 5.01 Å². The van der Waals surface area contributed by atoms with Gasteiger partial charge in [-0.25, -0.2) is 4.98 Å². The first-order chi connectivity index (χ1) is 7.75. The molecule has 0 spiro atoms.